The third-order valence-corrected chi connectivity index (χ3v) is 4.57. The van der Waals surface area contributed by atoms with E-state index in [1.165, 1.54) is 7.11 Å². The predicted molar refractivity (Wildman–Crippen MR) is 90.2 cm³/mol. The lowest BCUT2D eigenvalue weighted by Crippen LogP contribution is -2.31. The Morgan fingerprint density at radius 1 is 1.17 bits per heavy atom. The Hall–Kier alpha value is -2.56. The number of methoxy groups -OCH3 is 2. The summed E-state index contributed by atoms with van der Waals surface area (Å²) >= 11 is 0. The summed E-state index contributed by atoms with van der Waals surface area (Å²) in [5.74, 6) is 0.132. The second kappa shape index (κ2) is 6.91. The lowest BCUT2D eigenvalue weighted by atomic mass is 10.0. The molecule has 0 unspecified atom stereocenters. The van der Waals surface area contributed by atoms with Crippen molar-refractivity contribution in [3.63, 3.8) is 0 Å². The maximum Gasteiger partial charge on any atom is 0.340 e. The van der Waals surface area contributed by atoms with Crippen molar-refractivity contribution in [2.75, 3.05) is 14.2 Å². The average Bonchev–Trinajstić information content (AvgIpc) is 3.24. The Bertz CT molecular complexity index is 697. The summed E-state index contributed by atoms with van der Waals surface area (Å²) in [6.45, 7) is 0. The second-order valence-corrected chi connectivity index (χ2v) is 6.02. The fourth-order valence-electron chi connectivity index (χ4n) is 3.25. The van der Waals surface area contributed by atoms with E-state index >= 15 is 0 Å². The van der Waals surface area contributed by atoms with E-state index in [0.29, 0.717) is 11.1 Å². The zero-order valence-electron chi connectivity index (χ0n) is 14.0. The van der Waals surface area contributed by atoms with Crippen LogP contribution in [0.2, 0.25) is 0 Å². The molecule has 0 aromatic heterocycles. The molecular weight excluding hydrogens is 306 g/mol. The summed E-state index contributed by atoms with van der Waals surface area (Å²) in [6.07, 6.45) is 7.58. The van der Waals surface area contributed by atoms with Gasteiger partial charge in [-0.3, -0.25) is 4.79 Å². The van der Waals surface area contributed by atoms with Gasteiger partial charge >= 0.3 is 5.97 Å². The molecular formula is C19H21NO4. The number of rotatable bonds is 4. The summed E-state index contributed by atoms with van der Waals surface area (Å²) in [7, 11) is 2.93. The zero-order valence-corrected chi connectivity index (χ0v) is 14.0. The lowest BCUT2D eigenvalue weighted by molar-refractivity contribution is -0.136. The minimum absolute atomic E-state index is 0.127. The number of esters is 1. The van der Waals surface area contributed by atoms with Gasteiger partial charge < -0.3 is 14.4 Å². The summed E-state index contributed by atoms with van der Waals surface area (Å²) in [4.78, 5) is 26.6. The standard InChI is InChI=1S/C19H21NO4/c1-23-15-9-7-13(8-10-15)11-16-17(19(22)24-2)12-20(18(16)21)14-5-3-4-6-14/h7-12,14H,3-6H2,1-2H3/b16-11-. The summed E-state index contributed by atoms with van der Waals surface area (Å²) in [5, 5.41) is 0. The first-order chi connectivity index (χ1) is 11.6. The van der Waals surface area contributed by atoms with Gasteiger partial charge in [0.1, 0.15) is 5.75 Å². The first-order valence-corrected chi connectivity index (χ1v) is 8.13. The first kappa shape index (κ1) is 16.3. The number of nitrogens with zero attached hydrogens (tertiary/aromatic N) is 1. The van der Waals surface area contributed by atoms with Gasteiger partial charge in [-0.2, -0.15) is 0 Å². The Kier molecular flexibility index (Phi) is 4.69. The van der Waals surface area contributed by atoms with Crippen LogP contribution in [0.5, 0.6) is 5.75 Å². The van der Waals surface area contributed by atoms with Crippen molar-refractivity contribution in [2.45, 2.75) is 31.7 Å². The molecule has 126 valence electrons. The largest absolute Gasteiger partial charge is 0.497 e. The van der Waals surface area contributed by atoms with E-state index in [1.54, 1.807) is 24.3 Å². The highest BCUT2D eigenvalue weighted by Crippen LogP contribution is 2.33. The van der Waals surface area contributed by atoms with Gasteiger partial charge in [-0.25, -0.2) is 4.79 Å². The van der Waals surface area contributed by atoms with Crippen molar-refractivity contribution >= 4 is 18.0 Å². The van der Waals surface area contributed by atoms with Crippen LogP contribution in [-0.4, -0.2) is 37.0 Å². The minimum Gasteiger partial charge on any atom is -0.497 e. The molecule has 5 heteroatoms. The highest BCUT2D eigenvalue weighted by Gasteiger charge is 2.37. The molecule has 0 N–H and O–H groups in total. The van der Waals surface area contributed by atoms with Crippen molar-refractivity contribution in [2.24, 2.45) is 0 Å². The smallest absolute Gasteiger partial charge is 0.340 e. The lowest BCUT2D eigenvalue weighted by Gasteiger charge is -2.21. The SMILES string of the molecule is COC(=O)C1=CN(C2CCCC2)C(=O)/C1=C\c1ccc(OC)cc1. The van der Waals surface area contributed by atoms with Gasteiger partial charge in [-0.15, -0.1) is 0 Å². The third kappa shape index (κ3) is 3.07. The Labute approximate surface area is 141 Å². The number of carbonyl (C=O) groups excluding carboxylic acids is 2. The van der Waals surface area contributed by atoms with E-state index in [2.05, 4.69) is 0 Å². The van der Waals surface area contributed by atoms with Crippen molar-refractivity contribution in [1.29, 1.82) is 0 Å². The van der Waals surface area contributed by atoms with Crippen LogP contribution in [-0.2, 0) is 14.3 Å². The number of carbonyl (C=O) groups is 2. The molecule has 1 aliphatic heterocycles. The van der Waals surface area contributed by atoms with E-state index in [9.17, 15) is 9.59 Å². The minimum atomic E-state index is -0.483. The van der Waals surface area contributed by atoms with Gasteiger partial charge in [0.15, 0.2) is 0 Å². The average molecular weight is 327 g/mol. The maximum absolute atomic E-state index is 12.8. The molecule has 24 heavy (non-hydrogen) atoms. The number of benzene rings is 1. The third-order valence-electron chi connectivity index (χ3n) is 4.57. The van der Waals surface area contributed by atoms with Crippen LogP contribution in [0.25, 0.3) is 6.08 Å². The quantitative estimate of drug-likeness (QED) is 0.630. The Morgan fingerprint density at radius 3 is 2.42 bits per heavy atom. The fraction of sp³-hybridized carbons (Fsp3) is 0.368. The normalized spacial score (nSPS) is 19.8. The molecule has 0 saturated heterocycles. The maximum atomic E-state index is 12.8. The predicted octanol–water partition coefficient (Wildman–Crippen LogP) is 2.92. The molecule has 1 fully saturated rings. The van der Waals surface area contributed by atoms with E-state index in [1.807, 2.05) is 24.3 Å². The van der Waals surface area contributed by atoms with E-state index in [4.69, 9.17) is 9.47 Å². The molecule has 1 saturated carbocycles. The first-order valence-electron chi connectivity index (χ1n) is 8.13. The van der Waals surface area contributed by atoms with Crippen LogP contribution in [0.4, 0.5) is 0 Å². The summed E-state index contributed by atoms with van der Waals surface area (Å²) in [5.41, 5.74) is 1.55. The van der Waals surface area contributed by atoms with Crippen molar-refractivity contribution in [1.82, 2.24) is 4.90 Å². The van der Waals surface area contributed by atoms with Gasteiger partial charge in [0, 0.05) is 12.2 Å². The van der Waals surface area contributed by atoms with Crippen LogP contribution in [0.15, 0.2) is 41.6 Å². The molecule has 1 heterocycles. The molecule has 0 spiro atoms. The van der Waals surface area contributed by atoms with Crippen LogP contribution < -0.4 is 4.74 Å². The van der Waals surface area contributed by atoms with Gasteiger partial charge in [0.05, 0.1) is 25.4 Å². The van der Waals surface area contributed by atoms with Gasteiger partial charge in [0.2, 0.25) is 0 Å². The van der Waals surface area contributed by atoms with Gasteiger partial charge in [-0.05, 0) is 36.6 Å². The topological polar surface area (TPSA) is 55.8 Å². The number of hydrogen-bond donors (Lipinski definition) is 0. The molecule has 0 atom stereocenters. The van der Waals surface area contributed by atoms with E-state index in [0.717, 1.165) is 37.0 Å². The molecule has 0 bridgehead atoms. The zero-order chi connectivity index (χ0) is 17.1. The molecule has 1 aliphatic carbocycles. The monoisotopic (exact) mass is 327 g/mol. The van der Waals surface area contributed by atoms with Crippen LogP contribution in [0.3, 0.4) is 0 Å². The van der Waals surface area contributed by atoms with Gasteiger partial charge in [0.25, 0.3) is 5.91 Å². The van der Waals surface area contributed by atoms with Crippen LogP contribution in [0.1, 0.15) is 31.2 Å². The molecule has 1 aromatic rings. The molecule has 3 rings (SSSR count). The van der Waals surface area contributed by atoms with E-state index < -0.39 is 5.97 Å². The fourth-order valence-corrected chi connectivity index (χ4v) is 3.25. The Balaban J connectivity index is 1.94. The van der Waals surface area contributed by atoms with Crippen molar-refractivity contribution in [3.05, 3.63) is 47.2 Å². The molecule has 1 aromatic carbocycles. The highest BCUT2D eigenvalue weighted by molar-refractivity contribution is 6.15. The molecule has 5 nitrogen and oxygen atoms in total. The highest BCUT2D eigenvalue weighted by atomic mass is 16.5. The van der Waals surface area contributed by atoms with Crippen molar-refractivity contribution < 1.29 is 19.1 Å². The van der Waals surface area contributed by atoms with Crippen molar-refractivity contribution in [3.8, 4) is 5.75 Å². The molecule has 1 amide bonds. The van der Waals surface area contributed by atoms with Crippen LogP contribution >= 0.6 is 0 Å². The molecule has 2 aliphatic rings. The number of hydrogen-bond acceptors (Lipinski definition) is 4. The number of ether oxygens (including phenoxy) is 2. The Morgan fingerprint density at radius 2 is 1.83 bits per heavy atom. The molecule has 0 radical (unpaired) electrons. The van der Waals surface area contributed by atoms with Gasteiger partial charge in [-0.1, -0.05) is 25.0 Å². The summed E-state index contributed by atoms with van der Waals surface area (Å²) < 4.78 is 9.99. The number of amides is 1. The van der Waals surface area contributed by atoms with E-state index in [-0.39, 0.29) is 11.9 Å². The second-order valence-electron chi connectivity index (χ2n) is 6.02. The summed E-state index contributed by atoms with van der Waals surface area (Å²) in [6, 6.07) is 7.53. The van der Waals surface area contributed by atoms with Crippen LogP contribution in [0, 0.1) is 0 Å².